The molecular formula is C14H12BrN3. The Morgan fingerprint density at radius 2 is 2.00 bits per heavy atom. The first-order chi connectivity index (χ1) is 8.63. The van der Waals surface area contributed by atoms with Crippen molar-refractivity contribution in [3.05, 3.63) is 46.1 Å². The molecule has 0 amide bonds. The number of imidazole rings is 1. The molecule has 0 spiro atoms. The van der Waals surface area contributed by atoms with Gasteiger partial charge < -0.3 is 4.98 Å². The maximum atomic E-state index is 4.53. The van der Waals surface area contributed by atoms with Crippen molar-refractivity contribution >= 4 is 27.1 Å². The van der Waals surface area contributed by atoms with E-state index >= 15 is 0 Å². The smallest absolute Gasteiger partial charge is 0.178 e. The van der Waals surface area contributed by atoms with Crippen molar-refractivity contribution in [3.8, 4) is 11.4 Å². The first-order valence-electron chi connectivity index (χ1n) is 5.72. The van der Waals surface area contributed by atoms with E-state index in [0.717, 1.165) is 32.6 Å². The van der Waals surface area contributed by atoms with Gasteiger partial charge in [-0.05, 0) is 49.2 Å². The van der Waals surface area contributed by atoms with Gasteiger partial charge in [0.2, 0.25) is 0 Å². The molecule has 90 valence electrons. The summed E-state index contributed by atoms with van der Waals surface area (Å²) in [5.41, 5.74) is 5.16. The van der Waals surface area contributed by atoms with Crippen molar-refractivity contribution in [1.82, 2.24) is 15.0 Å². The molecule has 0 atom stereocenters. The lowest BCUT2D eigenvalue weighted by molar-refractivity contribution is 1.27. The Kier molecular flexibility index (Phi) is 2.67. The first-order valence-corrected chi connectivity index (χ1v) is 6.52. The highest BCUT2D eigenvalue weighted by atomic mass is 79.9. The van der Waals surface area contributed by atoms with Crippen LogP contribution >= 0.6 is 15.9 Å². The van der Waals surface area contributed by atoms with Crippen molar-refractivity contribution in [2.75, 3.05) is 0 Å². The Bertz CT molecular complexity index is 731. The number of rotatable bonds is 1. The van der Waals surface area contributed by atoms with Crippen molar-refractivity contribution in [1.29, 1.82) is 0 Å². The summed E-state index contributed by atoms with van der Waals surface area (Å²) >= 11 is 3.47. The highest BCUT2D eigenvalue weighted by molar-refractivity contribution is 9.10. The van der Waals surface area contributed by atoms with Crippen LogP contribution in [0.25, 0.3) is 22.6 Å². The summed E-state index contributed by atoms with van der Waals surface area (Å²) < 4.78 is 1.08. The Morgan fingerprint density at radius 3 is 2.78 bits per heavy atom. The summed E-state index contributed by atoms with van der Waals surface area (Å²) in [6, 6.07) is 8.23. The van der Waals surface area contributed by atoms with Gasteiger partial charge in [-0.1, -0.05) is 15.9 Å². The molecule has 0 saturated heterocycles. The van der Waals surface area contributed by atoms with Crippen LogP contribution in [0.1, 0.15) is 11.1 Å². The predicted octanol–water partition coefficient (Wildman–Crippen LogP) is 4.00. The fourth-order valence-electron chi connectivity index (χ4n) is 2.02. The molecule has 0 fully saturated rings. The second-order valence-electron chi connectivity index (χ2n) is 4.43. The van der Waals surface area contributed by atoms with Gasteiger partial charge in [0.25, 0.3) is 0 Å². The summed E-state index contributed by atoms with van der Waals surface area (Å²) in [6.07, 6.45) is 1.83. The van der Waals surface area contributed by atoms with Crippen LogP contribution < -0.4 is 0 Å². The number of H-pyrrole nitrogens is 1. The molecule has 3 nitrogen and oxygen atoms in total. The number of nitrogens with zero attached hydrogens (tertiary/aromatic N) is 2. The third-order valence-corrected chi connectivity index (χ3v) is 3.41. The van der Waals surface area contributed by atoms with Gasteiger partial charge in [-0.25, -0.2) is 9.97 Å². The summed E-state index contributed by atoms with van der Waals surface area (Å²) in [4.78, 5) is 12.2. The van der Waals surface area contributed by atoms with Crippen LogP contribution in [0.4, 0.5) is 0 Å². The van der Waals surface area contributed by atoms with Crippen LogP contribution in [-0.2, 0) is 0 Å². The molecule has 0 aliphatic heterocycles. The van der Waals surface area contributed by atoms with Crippen LogP contribution in [0, 0.1) is 13.8 Å². The van der Waals surface area contributed by atoms with Crippen molar-refractivity contribution in [2.24, 2.45) is 0 Å². The zero-order valence-electron chi connectivity index (χ0n) is 10.2. The maximum Gasteiger partial charge on any atom is 0.178 e. The zero-order valence-corrected chi connectivity index (χ0v) is 11.7. The number of fused-ring (bicyclic) bond motifs is 1. The van der Waals surface area contributed by atoms with Crippen LogP contribution in [0.5, 0.6) is 0 Å². The molecule has 4 heteroatoms. The maximum absolute atomic E-state index is 4.53. The van der Waals surface area contributed by atoms with E-state index in [0.29, 0.717) is 0 Å². The predicted molar refractivity (Wildman–Crippen MR) is 76.5 cm³/mol. The molecule has 0 aliphatic carbocycles. The van der Waals surface area contributed by atoms with Crippen LogP contribution in [0.3, 0.4) is 0 Å². The molecule has 2 heterocycles. The Hall–Kier alpha value is -1.68. The molecule has 0 aliphatic rings. The second-order valence-corrected chi connectivity index (χ2v) is 5.34. The molecule has 3 rings (SSSR count). The van der Waals surface area contributed by atoms with Gasteiger partial charge in [-0.3, -0.25) is 0 Å². The van der Waals surface area contributed by atoms with E-state index in [1.165, 1.54) is 5.56 Å². The highest BCUT2D eigenvalue weighted by Gasteiger charge is 2.08. The van der Waals surface area contributed by atoms with Gasteiger partial charge in [0, 0.05) is 16.2 Å². The number of halogens is 1. The number of aromatic nitrogens is 3. The van der Waals surface area contributed by atoms with E-state index in [9.17, 15) is 0 Å². The zero-order chi connectivity index (χ0) is 12.7. The van der Waals surface area contributed by atoms with Gasteiger partial charge in [0.15, 0.2) is 5.65 Å². The standard InChI is InChI=1S/C14H12BrN3/c1-8-5-12-14(16-7-8)18-13(17-12)11-4-3-10(15)6-9(11)2/h3-7H,1-2H3,(H,16,17,18). The molecular weight excluding hydrogens is 290 g/mol. The molecule has 2 aromatic heterocycles. The average Bonchev–Trinajstić information content (AvgIpc) is 2.71. The van der Waals surface area contributed by atoms with E-state index in [2.05, 4.69) is 56.0 Å². The topological polar surface area (TPSA) is 41.6 Å². The molecule has 0 bridgehead atoms. The molecule has 0 unspecified atom stereocenters. The fraction of sp³-hybridized carbons (Fsp3) is 0.143. The van der Waals surface area contributed by atoms with E-state index < -0.39 is 0 Å². The summed E-state index contributed by atoms with van der Waals surface area (Å²) in [5.74, 6) is 0.869. The Labute approximate surface area is 113 Å². The lowest BCUT2D eigenvalue weighted by atomic mass is 10.1. The van der Waals surface area contributed by atoms with E-state index in [1.54, 1.807) is 0 Å². The molecule has 3 aromatic rings. The normalized spacial score (nSPS) is 11.1. The van der Waals surface area contributed by atoms with E-state index in [1.807, 2.05) is 19.2 Å². The van der Waals surface area contributed by atoms with Crippen LogP contribution in [0.2, 0.25) is 0 Å². The SMILES string of the molecule is Cc1cnc2nc(-c3ccc(Br)cc3C)[nH]c2c1. The van der Waals surface area contributed by atoms with Crippen LogP contribution in [-0.4, -0.2) is 15.0 Å². The van der Waals surface area contributed by atoms with Crippen molar-refractivity contribution < 1.29 is 0 Å². The Balaban J connectivity index is 2.19. The third-order valence-electron chi connectivity index (χ3n) is 2.92. The minimum atomic E-state index is 0.762. The monoisotopic (exact) mass is 301 g/mol. The van der Waals surface area contributed by atoms with Gasteiger partial charge in [0.05, 0.1) is 5.52 Å². The molecule has 1 aromatic carbocycles. The highest BCUT2D eigenvalue weighted by Crippen LogP contribution is 2.25. The number of aryl methyl sites for hydroxylation is 2. The fourth-order valence-corrected chi connectivity index (χ4v) is 2.50. The Morgan fingerprint density at radius 1 is 1.17 bits per heavy atom. The number of hydrogen-bond donors (Lipinski definition) is 1. The van der Waals surface area contributed by atoms with Crippen LogP contribution in [0.15, 0.2) is 34.9 Å². The summed E-state index contributed by atoms with van der Waals surface area (Å²) in [7, 11) is 0. The van der Waals surface area contributed by atoms with E-state index in [-0.39, 0.29) is 0 Å². The lowest BCUT2D eigenvalue weighted by Gasteiger charge is -2.02. The number of hydrogen-bond acceptors (Lipinski definition) is 2. The third kappa shape index (κ3) is 1.93. The molecule has 18 heavy (non-hydrogen) atoms. The van der Waals surface area contributed by atoms with Gasteiger partial charge in [-0.2, -0.15) is 0 Å². The van der Waals surface area contributed by atoms with Crippen molar-refractivity contribution in [2.45, 2.75) is 13.8 Å². The van der Waals surface area contributed by atoms with Gasteiger partial charge in [-0.15, -0.1) is 0 Å². The van der Waals surface area contributed by atoms with Crippen molar-refractivity contribution in [3.63, 3.8) is 0 Å². The minimum Gasteiger partial charge on any atom is -0.337 e. The summed E-state index contributed by atoms with van der Waals surface area (Å²) in [6.45, 7) is 4.10. The second kappa shape index (κ2) is 4.21. The number of aromatic amines is 1. The average molecular weight is 302 g/mol. The molecule has 1 N–H and O–H groups in total. The minimum absolute atomic E-state index is 0.762. The van der Waals surface area contributed by atoms with Gasteiger partial charge in [0.1, 0.15) is 5.82 Å². The number of pyridine rings is 1. The summed E-state index contributed by atoms with van der Waals surface area (Å²) in [5, 5.41) is 0. The first kappa shape index (κ1) is 11.4. The number of benzene rings is 1. The van der Waals surface area contributed by atoms with E-state index in [4.69, 9.17) is 0 Å². The molecule has 0 radical (unpaired) electrons. The number of nitrogens with one attached hydrogen (secondary N) is 1. The van der Waals surface area contributed by atoms with Gasteiger partial charge >= 0.3 is 0 Å². The molecule has 0 saturated carbocycles. The lowest BCUT2D eigenvalue weighted by Crippen LogP contribution is -1.85. The quantitative estimate of drug-likeness (QED) is 0.738. The largest absolute Gasteiger partial charge is 0.337 e.